The van der Waals surface area contributed by atoms with Gasteiger partial charge in [0.15, 0.2) is 0 Å². The van der Waals surface area contributed by atoms with Crippen molar-refractivity contribution in [2.75, 3.05) is 26.4 Å². The SMILES string of the molecule is Cc1cccc(S(=O)(=O)NCCOCCO)c1. The topological polar surface area (TPSA) is 75.6 Å². The summed E-state index contributed by atoms with van der Waals surface area (Å²) in [6.45, 7) is 2.42. The average molecular weight is 259 g/mol. The van der Waals surface area contributed by atoms with E-state index in [1.54, 1.807) is 18.2 Å². The molecule has 0 atom stereocenters. The average Bonchev–Trinajstić information content (AvgIpc) is 2.29. The molecule has 0 heterocycles. The maximum absolute atomic E-state index is 11.8. The number of aliphatic hydroxyl groups excluding tert-OH is 1. The number of rotatable bonds is 7. The van der Waals surface area contributed by atoms with Crippen LogP contribution >= 0.6 is 0 Å². The van der Waals surface area contributed by atoms with Crippen LogP contribution in [0.25, 0.3) is 0 Å². The highest BCUT2D eigenvalue weighted by molar-refractivity contribution is 7.89. The maximum atomic E-state index is 11.8. The van der Waals surface area contributed by atoms with E-state index in [-0.39, 0.29) is 31.3 Å². The van der Waals surface area contributed by atoms with Crippen molar-refractivity contribution in [3.63, 3.8) is 0 Å². The Kier molecular flexibility index (Phi) is 5.57. The number of ether oxygens (including phenoxy) is 1. The Morgan fingerprint density at radius 2 is 2.12 bits per heavy atom. The molecule has 1 aromatic rings. The van der Waals surface area contributed by atoms with Gasteiger partial charge in [-0.15, -0.1) is 0 Å². The lowest BCUT2D eigenvalue weighted by atomic mass is 10.2. The highest BCUT2D eigenvalue weighted by atomic mass is 32.2. The van der Waals surface area contributed by atoms with Gasteiger partial charge in [-0.25, -0.2) is 13.1 Å². The van der Waals surface area contributed by atoms with E-state index in [2.05, 4.69) is 4.72 Å². The van der Waals surface area contributed by atoms with E-state index in [0.717, 1.165) is 5.56 Å². The van der Waals surface area contributed by atoms with Crippen LogP contribution in [-0.2, 0) is 14.8 Å². The van der Waals surface area contributed by atoms with Gasteiger partial charge in [-0.2, -0.15) is 0 Å². The molecule has 0 fully saturated rings. The second kappa shape index (κ2) is 6.70. The second-order valence-corrected chi connectivity index (χ2v) is 5.32. The first-order chi connectivity index (χ1) is 8.06. The van der Waals surface area contributed by atoms with E-state index in [9.17, 15) is 8.42 Å². The zero-order valence-electron chi connectivity index (χ0n) is 9.72. The molecule has 0 bridgehead atoms. The molecule has 1 aromatic carbocycles. The predicted molar refractivity (Wildman–Crippen MR) is 64.3 cm³/mol. The van der Waals surface area contributed by atoms with E-state index in [4.69, 9.17) is 9.84 Å². The van der Waals surface area contributed by atoms with Crippen LogP contribution in [0.3, 0.4) is 0 Å². The number of aryl methyl sites for hydroxylation is 1. The smallest absolute Gasteiger partial charge is 0.240 e. The quantitative estimate of drug-likeness (QED) is 0.690. The van der Waals surface area contributed by atoms with Crippen LogP contribution in [0.5, 0.6) is 0 Å². The summed E-state index contributed by atoms with van der Waals surface area (Å²) in [6, 6.07) is 6.69. The van der Waals surface area contributed by atoms with Gasteiger partial charge in [0.25, 0.3) is 0 Å². The van der Waals surface area contributed by atoms with Crippen molar-refractivity contribution in [3.8, 4) is 0 Å². The van der Waals surface area contributed by atoms with E-state index < -0.39 is 10.0 Å². The minimum Gasteiger partial charge on any atom is -0.394 e. The van der Waals surface area contributed by atoms with E-state index in [1.165, 1.54) is 0 Å². The molecule has 1 rings (SSSR count). The molecule has 6 heteroatoms. The Morgan fingerprint density at radius 1 is 1.35 bits per heavy atom. The molecular weight excluding hydrogens is 242 g/mol. The fraction of sp³-hybridized carbons (Fsp3) is 0.455. The fourth-order valence-corrected chi connectivity index (χ4v) is 2.40. The van der Waals surface area contributed by atoms with Crippen LogP contribution in [0, 0.1) is 6.92 Å². The van der Waals surface area contributed by atoms with Crippen molar-refractivity contribution >= 4 is 10.0 Å². The summed E-state index contributed by atoms with van der Waals surface area (Å²) in [6.07, 6.45) is 0. The lowest BCUT2D eigenvalue weighted by molar-refractivity contribution is 0.0961. The van der Waals surface area contributed by atoms with Crippen molar-refractivity contribution < 1.29 is 18.3 Å². The normalized spacial score (nSPS) is 11.6. The van der Waals surface area contributed by atoms with Gasteiger partial charge in [-0.1, -0.05) is 12.1 Å². The van der Waals surface area contributed by atoms with Crippen LogP contribution in [-0.4, -0.2) is 39.9 Å². The second-order valence-electron chi connectivity index (χ2n) is 3.55. The molecule has 0 saturated heterocycles. The summed E-state index contributed by atoms with van der Waals surface area (Å²) in [5.41, 5.74) is 0.893. The highest BCUT2D eigenvalue weighted by Gasteiger charge is 2.12. The molecule has 0 unspecified atom stereocenters. The summed E-state index contributed by atoms with van der Waals surface area (Å²) in [5.74, 6) is 0. The number of sulfonamides is 1. The first kappa shape index (κ1) is 14.1. The van der Waals surface area contributed by atoms with Gasteiger partial charge in [0.2, 0.25) is 10.0 Å². The molecule has 96 valence electrons. The standard InChI is InChI=1S/C11H17NO4S/c1-10-3-2-4-11(9-10)17(14,15)12-5-7-16-8-6-13/h2-4,9,12-13H,5-8H2,1H3. The lowest BCUT2D eigenvalue weighted by Crippen LogP contribution is -2.27. The molecule has 2 N–H and O–H groups in total. The molecule has 0 radical (unpaired) electrons. The van der Waals surface area contributed by atoms with Crippen molar-refractivity contribution in [2.24, 2.45) is 0 Å². The fourth-order valence-electron chi connectivity index (χ4n) is 1.28. The van der Waals surface area contributed by atoms with Crippen LogP contribution in [0.15, 0.2) is 29.2 Å². The molecule has 0 aliphatic rings. The van der Waals surface area contributed by atoms with Gasteiger partial charge >= 0.3 is 0 Å². The number of hydrogen-bond donors (Lipinski definition) is 2. The van der Waals surface area contributed by atoms with Gasteiger partial charge in [0.05, 0.1) is 24.7 Å². The van der Waals surface area contributed by atoms with Crippen LogP contribution in [0.1, 0.15) is 5.56 Å². The number of hydrogen-bond acceptors (Lipinski definition) is 4. The third-order valence-electron chi connectivity index (χ3n) is 2.07. The zero-order chi connectivity index (χ0) is 12.7. The maximum Gasteiger partial charge on any atom is 0.240 e. The molecule has 0 aromatic heterocycles. The Balaban J connectivity index is 2.51. The molecule has 0 aliphatic carbocycles. The van der Waals surface area contributed by atoms with Gasteiger partial charge in [-0.05, 0) is 24.6 Å². The predicted octanol–water partition coefficient (Wildman–Crippen LogP) is 0.282. The zero-order valence-corrected chi connectivity index (χ0v) is 10.5. The lowest BCUT2D eigenvalue weighted by Gasteiger charge is -2.07. The summed E-state index contributed by atoms with van der Waals surface area (Å²) >= 11 is 0. The van der Waals surface area contributed by atoms with Crippen LogP contribution < -0.4 is 4.72 Å². The number of aliphatic hydroxyl groups is 1. The van der Waals surface area contributed by atoms with Crippen molar-refractivity contribution in [3.05, 3.63) is 29.8 Å². The summed E-state index contributed by atoms with van der Waals surface area (Å²) < 4.78 is 31.0. The van der Waals surface area contributed by atoms with Gasteiger partial charge in [0, 0.05) is 6.54 Å². The Hall–Kier alpha value is -0.950. The summed E-state index contributed by atoms with van der Waals surface area (Å²) in [7, 11) is -3.46. The van der Waals surface area contributed by atoms with Gasteiger partial charge in [0.1, 0.15) is 0 Å². The van der Waals surface area contributed by atoms with E-state index in [1.807, 2.05) is 13.0 Å². The summed E-state index contributed by atoms with van der Waals surface area (Å²) in [5, 5.41) is 8.47. The summed E-state index contributed by atoms with van der Waals surface area (Å²) in [4.78, 5) is 0.250. The molecular formula is C11H17NO4S. The third kappa shape index (κ3) is 4.82. The molecule has 17 heavy (non-hydrogen) atoms. The Bertz CT molecular complexity index is 445. The highest BCUT2D eigenvalue weighted by Crippen LogP contribution is 2.10. The minimum absolute atomic E-state index is 0.0649. The van der Waals surface area contributed by atoms with Gasteiger partial charge in [-0.3, -0.25) is 0 Å². The van der Waals surface area contributed by atoms with E-state index >= 15 is 0 Å². The number of benzene rings is 1. The first-order valence-electron chi connectivity index (χ1n) is 5.31. The molecule has 5 nitrogen and oxygen atoms in total. The number of nitrogens with one attached hydrogen (secondary N) is 1. The minimum atomic E-state index is -3.46. The monoisotopic (exact) mass is 259 g/mol. The molecule has 0 saturated carbocycles. The molecule has 0 spiro atoms. The largest absolute Gasteiger partial charge is 0.394 e. The first-order valence-corrected chi connectivity index (χ1v) is 6.79. The van der Waals surface area contributed by atoms with Gasteiger partial charge < -0.3 is 9.84 Å². The molecule has 0 amide bonds. The molecule has 0 aliphatic heterocycles. The van der Waals surface area contributed by atoms with Crippen LogP contribution in [0.2, 0.25) is 0 Å². The van der Waals surface area contributed by atoms with Crippen molar-refractivity contribution in [2.45, 2.75) is 11.8 Å². The van der Waals surface area contributed by atoms with Crippen LogP contribution in [0.4, 0.5) is 0 Å². The Labute approximate surface area is 101 Å². The third-order valence-corrected chi connectivity index (χ3v) is 3.53. The van der Waals surface area contributed by atoms with Crippen molar-refractivity contribution in [1.29, 1.82) is 0 Å². The Morgan fingerprint density at radius 3 is 2.76 bits per heavy atom. The van der Waals surface area contributed by atoms with E-state index in [0.29, 0.717) is 0 Å². The van der Waals surface area contributed by atoms with Crippen molar-refractivity contribution in [1.82, 2.24) is 4.72 Å².